The lowest BCUT2D eigenvalue weighted by Crippen LogP contribution is -2.45. The fourth-order valence-corrected chi connectivity index (χ4v) is 2.94. The number of hydrogen-bond acceptors (Lipinski definition) is 3. The van der Waals surface area contributed by atoms with Crippen molar-refractivity contribution in [1.29, 1.82) is 0 Å². The summed E-state index contributed by atoms with van der Waals surface area (Å²) in [7, 11) is 3.93. The number of nitrogens with one attached hydrogen (secondary N) is 1. The van der Waals surface area contributed by atoms with E-state index in [1.54, 1.807) is 0 Å². The molecular formula is C13H26N2O. The third-order valence-electron chi connectivity index (χ3n) is 4.02. The molecule has 0 amide bonds. The van der Waals surface area contributed by atoms with Crippen LogP contribution in [0.5, 0.6) is 0 Å². The van der Waals surface area contributed by atoms with Gasteiger partial charge in [0.15, 0.2) is 0 Å². The third kappa shape index (κ3) is 3.44. The van der Waals surface area contributed by atoms with Crippen LogP contribution in [0.2, 0.25) is 0 Å². The number of piperidine rings is 1. The molecular weight excluding hydrogens is 200 g/mol. The second kappa shape index (κ2) is 5.99. The quantitative estimate of drug-likeness (QED) is 0.740. The molecule has 1 aliphatic heterocycles. The third-order valence-corrected chi connectivity index (χ3v) is 4.02. The molecule has 94 valence electrons. The minimum Gasteiger partial charge on any atom is -0.384 e. The molecule has 3 heteroatoms. The summed E-state index contributed by atoms with van der Waals surface area (Å²) in [5.41, 5.74) is 0. The van der Waals surface area contributed by atoms with Crippen molar-refractivity contribution < 1.29 is 4.74 Å². The minimum atomic E-state index is 0.723. The Kier molecular flexibility index (Phi) is 4.62. The Labute approximate surface area is 99.5 Å². The van der Waals surface area contributed by atoms with E-state index in [2.05, 4.69) is 17.3 Å². The number of methoxy groups -OCH3 is 1. The van der Waals surface area contributed by atoms with Gasteiger partial charge in [-0.15, -0.1) is 0 Å². The van der Waals surface area contributed by atoms with Crippen LogP contribution in [0, 0.1) is 11.8 Å². The first kappa shape index (κ1) is 12.3. The van der Waals surface area contributed by atoms with Gasteiger partial charge in [0.1, 0.15) is 0 Å². The summed E-state index contributed by atoms with van der Waals surface area (Å²) in [6.07, 6.45) is 5.55. The van der Waals surface area contributed by atoms with Gasteiger partial charge >= 0.3 is 0 Å². The second-order valence-electron chi connectivity index (χ2n) is 5.46. The Morgan fingerprint density at radius 3 is 2.81 bits per heavy atom. The maximum absolute atomic E-state index is 5.28. The van der Waals surface area contributed by atoms with E-state index in [0.717, 1.165) is 24.5 Å². The van der Waals surface area contributed by atoms with Gasteiger partial charge in [-0.2, -0.15) is 0 Å². The van der Waals surface area contributed by atoms with E-state index in [4.69, 9.17) is 4.74 Å². The standard InChI is InChI=1S/C13H26N2O/c1-14-13(12-5-6-12)9-15-7-3-4-11(8-15)10-16-2/h11-14H,3-10H2,1-2H3. The van der Waals surface area contributed by atoms with E-state index < -0.39 is 0 Å². The van der Waals surface area contributed by atoms with Crippen molar-refractivity contribution in [1.82, 2.24) is 10.2 Å². The molecule has 2 unspecified atom stereocenters. The van der Waals surface area contributed by atoms with Gasteiger partial charge < -0.3 is 15.0 Å². The largest absolute Gasteiger partial charge is 0.384 e. The van der Waals surface area contributed by atoms with Crippen LogP contribution >= 0.6 is 0 Å². The summed E-state index contributed by atoms with van der Waals surface area (Å²) in [5, 5.41) is 3.49. The Bertz CT molecular complexity index is 204. The lowest BCUT2D eigenvalue weighted by molar-refractivity contribution is 0.0848. The highest BCUT2D eigenvalue weighted by Gasteiger charge is 2.32. The molecule has 1 saturated heterocycles. The molecule has 1 aliphatic carbocycles. The zero-order chi connectivity index (χ0) is 11.4. The predicted octanol–water partition coefficient (Wildman–Crippen LogP) is 1.34. The fraction of sp³-hybridized carbons (Fsp3) is 1.00. The molecule has 2 fully saturated rings. The van der Waals surface area contributed by atoms with Crippen molar-refractivity contribution in [2.45, 2.75) is 31.7 Å². The zero-order valence-electron chi connectivity index (χ0n) is 10.7. The number of likely N-dealkylation sites (N-methyl/N-ethyl adjacent to an activating group) is 1. The molecule has 0 aromatic carbocycles. The van der Waals surface area contributed by atoms with Gasteiger partial charge in [0, 0.05) is 26.2 Å². The summed E-state index contributed by atoms with van der Waals surface area (Å²) < 4.78 is 5.28. The average molecular weight is 226 g/mol. The maximum atomic E-state index is 5.28. The molecule has 1 heterocycles. The van der Waals surface area contributed by atoms with Crippen molar-refractivity contribution in [2.75, 3.05) is 40.4 Å². The SMILES string of the molecule is CNC(CN1CCCC(COC)C1)C1CC1. The van der Waals surface area contributed by atoms with E-state index in [0.29, 0.717) is 0 Å². The second-order valence-corrected chi connectivity index (χ2v) is 5.46. The predicted molar refractivity (Wildman–Crippen MR) is 66.6 cm³/mol. The number of likely N-dealkylation sites (tertiary alicyclic amines) is 1. The average Bonchev–Trinajstić information content (AvgIpc) is 3.11. The summed E-state index contributed by atoms with van der Waals surface area (Å²) in [4.78, 5) is 2.63. The molecule has 2 aliphatic rings. The zero-order valence-corrected chi connectivity index (χ0v) is 10.7. The van der Waals surface area contributed by atoms with Crippen molar-refractivity contribution in [3.63, 3.8) is 0 Å². The van der Waals surface area contributed by atoms with Gasteiger partial charge in [0.25, 0.3) is 0 Å². The Morgan fingerprint density at radius 1 is 1.38 bits per heavy atom. The van der Waals surface area contributed by atoms with Crippen LogP contribution in [0.1, 0.15) is 25.7 Å². The topological polar surface area (TPSA) is 24.5 Å². The highest BCUT2D eigenvalue weighted by molar-refractivity contribution is 4.88. The van der Waals surface area contributed by atoms with Gasteiger partial charge in [-0.3, -0.25) is 0 Å². The summed E-state index contributed by atoms with van der Waals surface area (Å²) in [6.45, 7) is 4.69. The maximum Gasteiger partial charge on any atom is 0.0502 e. The van der Waals surface area contributed by atoms with E-state index in [9.17, 15) is 0 Å². The van der Waals surface area contributed by atoms with Crippen LogP contribution in [0.3, 0.4) is 0 Å². The van der Waals surface area contributed by atoms with E-state index in [1.807, 2.05) is 7.11 Å². The molecule has 0 spiro atoms. The first-order chi connectivity index (χ1) is 7.83. The Hall–Kier alpha value is -0.120. The fourth-order valence-electron chi connectivity index (χ4n) is 2.94. The first-order valence-corrected chi connectivity index (χ1v) is 6.72. The van der Waals surface area contributed by atoms with Gasteiger partial charge in [0.2, 0.25) is 0 Å². The van der Waals surface area contributed by atoms with Crippen molar-refractivity contribution in [2.24, 2.45) is 11.8 Å². The highest BCUT2D eigenvalue weighted by Crippen LogP contribution is 2.33. The van der Waals surface area contributed by atoms with Crippen LogP contribution in [0.25, 0.3) is 0 Å². The Balaban J connectivity index is 1.75. The number of rotatable bonds is 6. The Morgan fingerprint density at radius 2 is 2.19 bits per heavy atom. The van der Waals surface area contributed by atoms with Gasteiger partial charge in [-0.05, 0) is 51.1 Å². The van der Waals surface area contributed by atoms with Crippen LogP contribution in [-0.4, -0.2) is 51.3 Å². The molecule has 0 aromatic rings. The molecule has 0 aromatic heterocycles. The van der Waals surface area contributed by atoms with Crippen molar-refractivity contribution >= 4 is 0 Å². The van der Waals surface area contributed by atoms with Crippen molar-refractivity contribution in [3.8, 4) is 0 Å². The lowest BCUT2D eigenvalue weighted by atomic mass is 9.98. The van der Waals surface area contributed by atoms with Gasteiger partial charge in [-0.1, -0.05) is 0 Å². The molecule has 2 rings (SSSR count). The monoisotopic (exact) mass is 226 g/mol. The summed E-state index contributed by atoms with van der Waals surface area (Å²) in [6, 6.07) is 0.723. The molecule has 1 saturated carbocycles. The molecule has 0 radical (unpaired) electrons. The van der Waals surface area contributed by atoms with Crippen LogP contribution in [0.4, 0.5) is 0 Å². The van der Waals surface area contributed by atoms with Gasteiger partial charge in [-0.25, -0.2) is 0 Å². The number of ether oxygens (including phenoxy) is 1. The van der Waals surface area contributed by atoms with Crippen LogP contribution in [-0.2, 0) is 4.74 Å². The smallest absolute Gasteiger partial charge is 0.0502 e. The number of nitrogens with zero attached hydrogens (tertiary/aromatic N) is 1. The summed E-state index contributed by atoms with van der Waals surface area (Å²) >= 11 is 0. The van der Waals surface area contributed by atoms with E-state index in [1.165, 1.54) is 45.3 Å². The lowest BCUT2D eigenvalue weighted by Gasteiger charge is -2.34. The molecule has 2 atom stereocenters. The minimum absolute atomic E-state index is 0.723. The molecule has 16 heavy (non-hydrogen) atoms. The number of hydrogen-bond donors (Lipinski definition) is 1. The van der Waals surface area contributed by atoms with E-state index in [-0.39, 0.29) is 0 Å². The van der Waals surface area contributed by atoms with Crippen LogP contribution in [0.15, 0.2) is 0 Å². The molecule has 0 bridgehead atoms. The normalized spacial score (nSPS) is 29.2. The first-order valence-electron chi connectivity index (χ1n) is 6.72. The van der Waals surface area contributed by atoms with E-state index >= 15 is 0 Å². The summed E-state index contributed by atoms with van der Waals surface area (Å²) in [5.74, 6) is 1.71. The highest BCUT2D eigenvalue weighted by atomic mass is 16.5. The van der Waals surface area contributed by atoms with Gasteiger partial charge in [0.05, 0.1) is 6.61 Å². The van der Waals surface area contributed by atoms with Crippen LogP contribution < -0.4 is 5.32 Å². The van der Waals surface area contributed by atoms with Crippen molar-refractivity contribution in [3.05, 3.63) is 0 Å². The molecule has 1 N–H and O–H groups in total. The molecule has 3 nitrogen and oxygen atoms in total.